The Morgan fingerprint density at radius 2 is 2.08 bits per heavy atom. The van der Waals surface area contributed by atoms with Crippen LogP contribution in [0.4, 0.5) is 5.69 Å². The summed E-state index contributed by atoms with van der Waals surface area (Å²) in [6.07, 6.45) is 1.00. The molecule has 0 bridgehead atoms. The quantitative estimate of drug-likeness (QED) is 0.767. The average molecular weight is 179 g/mol. The second kappa shape index (κ2) is 4.75. The lowest BCUT2D eigenvalue weighted by Crippen LogP contribution is -1.98. The Morgan fingerprint density at radius 3 is 2.62 bits per heavy atom. The predicted octanol–water partition coefficient (Wildman–Crippen LogP) is 2.69. The van der Waals surface area contributed by atoms with Crippen LogP contribution in [0, 0.1) is 0 Å². The van der Waals surface area contributed by atoms with E-state index >= 15 is 0 Å². The number of rotatable bonds is 4. The first-order valence-electron chi connectivity index (χ1n) is 4.72. The van der Waals surface area contributed by atoms with Gasteiger partial charge >= 0.3 is 0 Å². The van der Waals surface area contributed by atoms with Crippen LogP contribution >= 0.6 is 0 Å². The molecule has 0 aliphatic rings. The Bertz CT molecular complexity index is 271. The third-order valence-corrected chi connectivity index (χ3v) is 2.04. The van der Waals surface area contributed by atoms with Gasteiger partial charge in [0.05, 0.1) is 7.11 Å². The van der Waals surface area contributed by atoms with E-state index in [1.165, 1.54) is 11.3 Å². The number of nitrogens with one attached hydrogen (secondary N) is 1. The van der Waals surface area contributed by atoms with Gasteiger partial charge < -0.3 is 10.1 Å². The van der Waals surface area contributed by atoms with Crippen LogP contribution in [0.15, 0.2) is 18.2 Å². The van der Waals surface area contributed by atoms with E-state index < -0.39 is 0 Å². The molecule has 0 amide bonds. The van der Waals surface area contributed by atoms with Crippen LogP contribution in [0.25, 0.3) is 0 Å². The Kier molecular flexibility index (Phi) is 3.62. The van der Waals surface area contributed by atoms with Crippen molar-refractivity contribution in [3.8, 4) is 5.75 Å². The van der Waals surface area contributed by atoms with Crippen molar-refractivity contribution in [3.05, 3.63) is 23.8 Å². The molecule has 0 unspecified atom stereocenters. The molecule has 0 fully saturated rings. The average Bonchev–Trinajstić information content (AvgIpc) is 2.18. The van der Waals surface area contributed by atoms with E-state index in [2.05, 4.69) is 25.2 Å². The van der Waals surface area contributed by atoms with Crippen LogP contribution in [0.1, 0.15) is 19.4 Å². The van der Waals surface area contributed by atoms with Gasteiger partial charge in [0.1, 0.15) is 5.75 Å². The SMILES string of the molecule is CCNc1ccc(OC)c(CC)c1. The van der Waals surface area contributed by atoms with E-state index in [1.54, 1.807) is 7.11 Å². The first-order valence-corrected chi connectivity index (χ1v) is 4.72. The van der Waals surface area contributed by atoms with Gasteiger partial charge in [-0.1, -0.05) is 6.92 Å². The van der Waals surface area contributed by atoms with Gasteiger partial charge in [-0.05, 0) is 37.1 Å². The van der Waals surface area contributed by atoms with E-state index in [4.69, 9.17) is 4.74 Å². The minimum absolute atomic E-state index is 0.954. The number of ether oxygens (including phenoxy) is 1. The molecule has 0 aliphatic carbocycles. The summed E-state index contributed by atoms with van der Waals surface area (Å²) < 4.78 is 5.24. The first-order chi connectivity index (χ1) is 6.31. The summed E-state index contributed by atoms with van der Waals surface area (Å²) in [5, 5.41) is 3.28. The molecule has 0 saturated heterocycles. The van der Waals surface area contributed by atoms with Crippen molar-refractivity contribution in [2.24, 2.45) is 0 Å². The molecule has 2 heteroatoms. The zero-order valence-electron chi connectivity index (χ0n) is 8.55. The molecule has 0 heterocycles. The Hall–Kier alpha value is -1.18. The summed E-state index contributed by atoms with van der Waals surface area (Å²) in [5.41, 5.74) is 2.42. The lowest BCUT2D eigenvalue weighted by atomic mass is 10.1. The molecule has 0 saturated carbocycles. The van der Waals surface area contributed by atoms with E-state index in [-0.39, 0.29) is 0 Å². The van der Waals surface area contributed by atoms with Gasteiger partial charge in [-0.2, -0.15) is 0 Å². The van der Waals surface area contributed by atoms with Gasteiger partial charge in [0, 0.05) is 12.2 Å². The molecule has 0 radical (unpaired) electrons. The minimum atomic E-state index is 0.954. The van der Waals surface area contributed by atoms with Gasteiger partial charge in [0.2, 0.25) is 0 Å². The molecule has 2 nitrogen and oxygen atoms in total. The Morgan fingerprint density at radius 1 is 1.31 bits per heavy atom. The molecule has 72 valence electrons. The van der Waals surface area contributed by atoms with Crippen LogP contribution in [0.2, 0.25) is 0 Å². The fraction of sp³-hybridized carbons (Fsp3) is 0.455. The molecule has 1 N–H and O–H groups in total. The van der Waals surface area contributed by atoms with Crippen molar-refractivity contribution in [1.82, 2.24) is 0 Å². The number of hydrogen-bond acceptors (Lipinski definition) is 2. The van der Waals surface area contributed by atoms with Crippen molar-refractivity contribution in [2.75, 3.05) is 19.0 Å². The fourth-order valence-corrected chi connectivity index (χ4v) is 1.37. The summed E-state index contributed by atoms with van der Waals surface area (Å²) in [4.78, 5) is 0. The summed E-state index contributed by atoms with van der Waals surface area (Å²) >= 11 is 0. The maximum Gasteiger partial charge on any atom is 0.122 e. The lowest BCUT2D eigenvalue weighted by molar-refractivity contribution is 0.410. The molecule has 13 heavy (non-hydrogen) atoms. The van der Waals surface area contributed by atoms with E-state index in [9.17, 15) is 0 Å². The predicted molar refractivity (Wildman–Crippen MR) is 56.5 cm³/mol. The van der Waals surface area contributed by atoms with Gasteiger partial charge in [0.15, 0.2) is 0 Å². The summed E-state index contributed by atoms with van der Waals surface area (Å²) in [5.74, 6) is 0.976. The van der Waals surface area contributed by atoms with Crippen LogP contribution in [0.3, 0.4) is 0 Å². The largest absolute Gasteiger partial charge is 0.496 e. The summed E-state index contributed by atoms with van der Waals surface area (Å²) in [6, 6.07) is 6.20. The summed E-state index contributed by atoms with van der Waals surface area (Å²) in [6.45, 7) is 5.18. The third-order valence-electron chi connectivity index (χ3n) is 2.04. The van der Waals surface area contributed by atoms with Gasteiger partial charge in [-0.25, -0.2) is 0 Å². The second-order valence-electron chi connectivity index (χ2n) is 2.91. The van der Waals surface area contributed by atoms with Crippen molar-refractivity contribution in [2.45, 2.75) is 20.3 Å². The van der Waals surface area contributed by atoms with Crippen LogP contribution in [-0.2, 0) is 6.42 Å². The molecular formula is C11H17NO. The molecule has 0 atom stereocenters. The molecule has 1 aromatic carbocycles. The number of aryl methyl sites for hydroxylation is 1. The zero-order chi connectivity index (χ0) is 9.68. The maximum atomic E-state index is 5.24. The van der Waals surface area contributed by atoms with E-state index in [0.717, 1.165) is 18.7 Å². The zero-order valence-corrected chi connectivity index (χ0v) is 8.55. The standard InChI is InChI=1S/C11H17NO/c1-4-9-8-10(12-5-2)6-7-11(9)13-3/h6-8,12H,4-5H2,1-3H3. The molecular weight excluding hydrogens is 162 g/mol. The number of methoxy groups -OCH3 is 1. The smallest absolute Gasteiger partial charge is 0.122 e. The fourth-order valence-electron chi connectivity index (χ4n) is 1.37. The highest BCUT2D eigenvalue weighted by Crippen LogP contribution is 2.22. The van der Waals surface area contributed by atoms with Crippen LogP contribution in [0.5, 0.6) is 5.75 Å². The van der Waals surface area contributed by atoms with Crippen LogP contribution in [-0.4, -0.2) is 13.7 Å². The highest BCUT2D eigenvalue weighted by atomic mass is 16.5. The van der Waals surface area contributed by atoms with Gasteiger partial charge in [0.25, 0.3) is 0 Å². The summed E-state index contributed by atoms with van der Waals surface area (Å²) in [7, 11) is 1.71. The topological polar surface area (TPSA) is 21.3 Å². The number of anilines is 1. The van der Waals surface area contributed by atoms with Gasteiger partial charge in [-0.3, -0.25) is 0 Å². The van der Waals surface area contributed by atoms with Crippen molar-refractivity contribution < 1.29 is 4.74 Å². The third kappa shape index (κ3) is 2.38. The van der Waals surface area contributed by atoms with Crippen molar-refractivity contribution >= 4 is 5.69 Å². The van der Waals surface area contributed by atoms with Gasteiger partial charge in [-0.15, -0.1) is 0 Å². The maximum absolute atomic E-state index is 5.24. The highest BCUT2D eigenvalue weighted by molar-refractivity contribution is 5.51. The number of benzene rings is 1. The first kappa shape index (κ1) is 9.90. The normalized spacial score (nSPS) is 9.77. The number of hydrogen-bond donors (Lipinski definition) is 1. The second-order valence-corrected chi connectivity index (χ2v) is 2.91. The highest BCUT2D eigenvalue weighted by Gasteiger charge is 2.00. The van der Waals surface area contributed by atoms with Crippen molar-refractivity contribution in [1.29, 1.82) is 0 Å². The van der Waals surface area contributed by atoms with E-state index in [1.807, 2.05) is 12.1 Å². The van der Waals surface area contributed by atoms with Crippen molar-refractivity contribution in [3.63, 3.8) is 0 Å². The molecule has 0 aromatic heterocycles. The Labute approximate surface area is 79.9 Å². The molecule has 1 rings (SSSR count). The minimum Gasteiger partial charge on any atom is -0.496 e. The Balaban J connectivity index is 2.91. The monoisotopic (exact) mass is 179 g/mol. The lowest BCUT2D eigenvalue weighted by Gasteiger charge is -2.09. The molecule has 0 aliphatic heterocycles. The van der Waals surface area contributed by atoms with Crippen LogP contribution < -0.4 is 10.1 Å². The van der Waals surface area contributed by atoms with E-state index in [0.29, 0.717) is 0 Å². The molecule has 0 spiro atoms. The molecule has 1 aromatic rings.